The number of benzene rings is 1. The van der Waals surface area contributed by atoms with Crippen molar-refractivity contribution in [2.24, 2.45) is 0 Å². The van der Waals surface area contributed by atoms with Crippen LogP contribution < -0.4 is 10.1 Å². The molecule has 0 saturated carbocycles. The molecule has 1 saturated heterocycles. The van der Waals surface area contributed by atoms with E-state index in [1.54, 1.807) is 43.3 Å². The lowest BCUT2D eigenvalue weighted by Gasteiger charge is -2.29. The lowest BCUT2D eigenvalue weighted by atomic mass is 10.2. The minimum absolute atomic E-state index is 0.0391. The van der Waals surface area contributed by atoms with E-state index in [0.717, 1.165) is 0 Å². The van der Waals surface area contributed by atoms with E-state index < -0.39 is 0 Å². The first-order chi connectivity index (χ1) is 9.60. The summed E-state index contributed by atoms with van der Waals surface area (Å²) in [7, 11) is 3.30. The van der Waals surface area contributed by atoms with Crippen LogP contribution in [0.2, 0.25) is 0 Å². The second-order valence-corrected chi connectivity index (χ2v) is 4.65. The molecule has 1 unspecified atom stereocenters. The van der Waals surface area contributed by atoms with Crippen LogP contribution >= 0.6 is 0 Å². The summed E-state index contributed by atoms with van der Waals surface area (Å²) in [4.78, 5) is 24.8. The van der Waals surface area contributed by atoms with E-state index in [2.05, 4.69) is 5.32 Å². The largest absolute Gasteiger partial charge is 0.497 e. The van der Waals surface area contributed by atoms with Crippen LogP contribution in [0.3, 0.4) is 0 Å². The van der Waals surface area contributed by atoms with Crippen LogP contribution in [0.25, 0.3) is 0 Å². The van der Waals surface area contributed by atoms with Crippen molar-refractivity contribution in [2.45, 2.75) is 6.10 Å². The minimum Gasteiger partial charge on any atom is -0.497 e. The Morgan fingerprint density at radius 1 is 1.45 bits per heavy atom. The molecule has 6 heteroatoms. The first kappa shape index (κ1) is 14.3. The fourth-order valence-electron chi connectivity index (χ4n) is 1.93. The van der Waals surface area contributed by atoms with E-state index in [0.29, 0.717) is 24.4 Å². The summed E-state index contributed by atoms with van der Waals surface area (Å²) in [6.07, 6.45) is -0.167. The Morgan fingerprint density at radius 2 is 2.15 bits per heavy atom. The summed E-state index contributed by atoms with van der Waals surface area (Å²) in [6, 6.07) is 6.87. The van der Waals surface area contributed by atoms with Gasteiger partial charge in [-0.3, -0.25) is 9.59 Å². The van der Waals surface area contributed by atoms with Gasteiger partial charge in [-0.05, 0) is 24.3 Å². The number of likely N-dealkylation sites (N-methyl/N-ethyl adjacent to an activating group) is 1. The highest BCUT2D eigenvalue weighted by Gasteiger charge is 2.23. The Labute approximate surface area is 117 Å². The third kappa shape index (κ3) is 3.48. The number of nitrogens with one attached hydrogen (secondary N) is 1. The molecule has 6 nitrogen and oxygen atoms in total. The van der Waals surface area contributed by atoms with Gasteiger partial charge in [0.1, 0.15) is 12.4 Å². The third-order valence-corrected chi connectivity index (χ3v) is 3.19. The summed E-state index contributed by atoms with van der Waals surface area (Å²) in [6.45, 7) is 0.934. The van der Waals surface area contributed by atoms with E-state index in [-0.39, 0.29) is 24.5 Å². The number of ether oxygens (including phenoxy) is 2. The molecule has 1 aliphatic rings. The van der Waals surface area contributed by atoms with E-state index in [4.69, 9.17) is 9.47 Å². The molecule has 0 radical (unpaired) electrons. The molecule has 0 spiro atoms. The van der Waals surface area contributed by atoms with Crippen molar-refractivity contribution in [3.63, 3.8) is 0 Å². The number of carbonyl (C=O) groups is 2. The summed E-state index contributed by atoms with van der Waals surface area (Å²) in [5, 5.41) is 2.80. The fourth-order valence-corrected chi connectivity index (χ4v) is 1.93. The highest BCUT2D eigenvalue weighted by atomic mass is 16.5. The van der Waals surface area contributed by atoms with Crippen molar-refractivity contribution < 1.29 is 19.1 Å². The van der Waals surface area contributed by atoms with Crippen LogP contribution in [0.4, 0.5) is 0 Å². The molecular weight excluding hydrogens is 260 g/mol. The summed E-state index contributed by atoms with van der Waals surface area (Å²) < 4.78 is 10.4. The first-order valence-corrected chi connectivity index (χ1v) is 6.38. The first-order valence-electron chi connectivity index (χ1n) is 6.38. The van der Waals surface area contributed by atoms with Gasteiger partial charge in [-0.25, -0.2) is 0 Å². The SMILES string of the molecule is COc1ccc(C(=O)NCC2CN(C)C(=O)CO2)cc1. The van der Waals surface area contributed by atoms with Crippen molar-refractivity contribution in [1.82, 2.24) is 10.2 Å². The highest BCUT2D eigenvalue weighted by molar-refractivity contribution is 5.94. The Kier molecular flexibility index (Phi) is 4.57. The lowest BCUT2D eigenvalue weighted by Crippen LogP contribution is -2.48. The number of amides is 2. The predicted molar refractivity (Wildman–Crippen MR) is 72.7 cm³/mol. The standard InChI is InChI=1S/C14H18N2O4/c1-16-8-12(20-9-13(16)17)7-15-14(18)10-3-5-11(19-2)6-4-10/h3-6,12H,7-9H2,1-2H3,(H,15,18). The zero-order valence-electron chi connectivity index (χ0n) is 11.6. The molecule has 2 rings (SSSR count). The highest BCUT2D eigenvalue weighted by Crippen LogP contribution is 2.11. The van der Waals surface area contributed by atoms with E-state index in [1.807, 2.05) is 0 Å². The van der Waals surface area contributed by atoms with Crippen molar-refractivity contribution >= 4 is 11.8 Å². The van der Waals surface area contributed by atoms with Gasteiger partial charge in [0.05, 0.1) is 13.2 Å². The van der Waals surface area contributed by atoms with E-state index in [1.165, 1.54) is 0 Å². The second-order valence-electron chi connectivity index (χ2n) is 4.65. The molecule has 1 aromatic carbocycles. The Morgan fingerprint density at radius 3 is 2.75 bits per heavy atom. The Bertz CT molecular complexity index is 486. The number of hydrogen-bond acceptors (Lipinski definition) is 4. The molecule has 0 aromatic heterocycles. The molecule has 20 heavy (non-hydrogen) atoms. The zero-order valence-corrected chi connectivity index (χ0v) is 11.6. The van der Waals surface area contributed by atoms with Crippen LogP contribution in [0.1, 0.15) is 10.4 Å². The van der Waals surface area contributed by atoms with Gasteiger partial charge in [-0.2, -0.15) is 0 Å². The molecule has 1 N–H and O–H groups in total. The molecule has 1 fully saturated rings. The van der Waals surface area contributed by atoms with E-state index >= 15 is 0 Å². The molecule has 1 atom stereocenters. The topological polar surface area (TPSA) is 67.9 Å². The fraction of sp³-hybridized carbons (Fsp3) is 0.429. The molecule has 1 aliphatic heterocycles. The molecule has 108 valence electrons. The van der Waals surface area contributed by atoms with Gasteiger partial charge in [-0.15, -0.1) is 0 Å². The van der Waals surface area contributed by atoms with Crippen molar-refractivity contribution in [1.29, 1.82) is 0 Å². The molecule has 1 aromatic rings. The molecule has 0 aliphatic carbocycles. The molecule has 0 bridgehead atoms. The zero-order chi connectivity index (χ0) is 14.5. The number of rotatable bonds is 4. The number of hydrogen-bond donors (Lipinski definition) is 1. The van der Waals surface area contributed by atoms with Gasteiger partial charge < -0.3 is 19.7 Å². The van der Waals surface area contributed by atoms with Gasteiger partial charge in [0, 0.05) is 25.7 Å². The number of carbonyl (C=O) groups excluding carboxylic acids is 2. The van der Waals surface area contributed by atoms with Gasteiger partial charge in [0.2, 0.25) is 5.91 Å². The molecule has 1 heterocycles. The predicted octanol–water partition coefficient (Wildman–Crippen LogP) is 0.282. The van der Waals surface area contributed by atoms with Crippen molar-refractivity contribution in [3.05, 3.63) is 29.8 Å². The van der Waals surface area contributed by atoms with Crippen LogP contribution in [-0.2, 0) is 9.53 Å². The quantitative estimate of drug-likeness (QED) is 0.859. The molecular formula is C14H18N2O4. The van der Waals surface area contributed by atoms with Crippen LogP contribution in [0.15, 0.2) is 24.3 Å². The van der Waals surface area contributed by atoms with Crippen LogP contribution in [0, 0.1) is 0 Å². The number of morpholine rings is 1. The number of methoxy groups -OCH3 is 1. The Hall–Kier alpha value is -2.08. The van der Waals surface area contributed by atoms with Crippen LogP contribution in [-0.4, -0.2) is 56.7 Å². The van der Waals surface area contributed by atoms with Crippen molar-refractivity contribution in [2.75, 3.05) is 33.9 Å². The maximum absolute atomic E-state index is 11.9. The maximum Gasteiger partial charge on any atom is 0.251 e. The molecule has 2 amide bonds. The summed E-state index contributed by atoms with van der Waals surface area (Å²) >= 11 is 0. The monoisotopic (exact) mass is 278 g/mol. The average Bonchev–Trinajstić information content (AvgIpc) is 2.48. The van der Waals surface area contributed by atoms with Crippen molar-refractivity contribution in [3.8, 4) is 5.75 Å². The van der Waals surface area contributed by atoms with Gasteiger partial charge in [0.15, 0.2) is 0 Å². The van der Waals surface area contributed by atoms with Gasteiger partial charge >= 0.3 is 0 Å². The van der Waals surface area contributed by atoms with Gasteiger partial charge in [0.25, 0.3) is 5.91 Å². The summed E-state index contributed by atoms with van der Waals surface area (Å²) in [5.41, 5.74) is 0.561. The summed E-state index contributed by atoms with van der Waals surface area (Å²) in [5.74, 6) is 0.496. The third-order valence-electron chi connectivity index (χ3n) is 3.19. The van der Waals surface area contributed by atoms with E-state index in [9.17, 15) is 9.59 Å². The normalized spacial score (nSPS) is 18.8. The second kappa shape index (κ2) is 6.38. The average molecular weight is 278 g/mol. The smallest absolute Gasteiger partial charge is 0.251 e. The van der Waals surface area contributed by atoms with Crippen LogP contribution in [0.5, 0.6) is 5.75 Å². The van der Waals surface area contributed by atoms with Gasteiger partial charge in [-0.1, -0.05) is 0 Å². The minimum atomic E-state index is -0.171. The maximum atomic E-state index is 11.9. The Balaban J connectivity index is 1.84. The lowest BCUT2D eigenvalue weighted by molar-refractivity contribution is -0.146. The number of nitrogens with zero attached hydrogens (tertiary/aromatic N) is 1.